The Kier molecular flexibility index (Phi) is 62.1. The predicted octanol–water partition coefficient (Wildman–Crippen LogP) is 7.04. The summed E-state index contributed by atoms with van der Waals surface area (Å²) >= 11 is 1.40. The Bertz CT molecular complexity index is 3380. The van der Waals surface area contributed by atoms with Gasteiger partial charge in [-0.25, -0.2) is 0 Å². The lowest BCUT2D eigenvalue weighted by Crippen LogP contribution is -2.49. The van der Waals surface area contributed by atoms with Crippen molar-refractivity contribution in [1.82, 2.24) is 54.3 Å². The van der Waals surface area contributed by atoms with Crippen LogP contribution in [0.3, 0.4) is 0 Å². The number of carbonyl (C=O) groups is 12. The van der Waals surface area contributed by atoms with E-state index in [2.05, 4.69) is 64.5 Å². The highest BCUT2D eigenvalue weighted by Gasteiger charge is 2.28. The van der Waals surface area contributed by atoms with Crippen LogP contribution in [0.4, 0.5) is 0 Å². The molecule has 113 heavy (non-hydrogen) atoms. The molecule has 0 aliphatic carbocycles. The third-order valence-electron chi connectivity index (χ3n) is 18.4. The number of rotatable bonds is 67. The number of unbranched alkanes of at least 4 members (excludes halogenated alkanes) is 10. The first-order chi connectivity index (χ1) is 54.6. The molecule has 11 amide bonds. The van der Waals surface area contributed by atoms with Crippen LogP contribution in [0, 0.1) is 123 Å². The van der Waals surface area contributed by atoms with Gasteiger partial charge < -0.3 is 59.4 Å². The molecule has 0 aliphatic rings. The molecule has 0 saturated carbocycles. The fraction of sp³-hybridized carbons (Fsp3) is 0.636. The number of terminal acetylenes is 10. The van der Waals surface area contributed by atoms with Gasteiger partial charge in [0.2, 0.25) is 65.0 Å². The number of aliphatic carboxylic acids is 1. The molecule has 0 rings (SSSR count). The Morgan fingerprint density at radius 1 is 0.248 bits per heavy atom. The van der Waals surface area contributed by atoms with E-state index in [0.717, 1.165) is 0 Å². The average Bonchev–Trinajstić information content (AvgIpc) is 0.878. The Labute approximate surface area is 680 Å². The smallest absolute Gasteiger partial charge is 0.304 e. The van der Waals surface area contributed by atoms with Crippen molar-refractivity contribution in [3.63, 3.8) is 0 Å². The van der Waals surface area contributed by atoms with Gasteiger partial charge in [-0.2, -0.15) is 11.8 Å². The maximum atomic E-state index is 14.5. The van der Waals surface area contributed by atoms with Crippen molar-refractivity contribution < 1.29 is 62.6 Å². The van der Waals surface area contributed by atoms with E-state index >= 15 is 0 Å². The molecule has 0 heterocycles. The third-order valence-corrected chi connectivity index (χ3v) is 19.4. The first-order valence-corrected chi connectivity index (χ1v) is 40.9. The lowest BCUT2D eigenvalue weighted by molar-refractivity contribution is -0.139. The Morgan fingerprint density at radius 3 is 0.602 bits per heavy atom. The average molecular weight is 1580 g/mol. The lowest BCUT2D eigenvalue weighted by atomic mass is 10.2. The molecule has 24 nitrogen and oxygen atoms in total. The van der Waals surface area contributed by atoms with Crippen LogP contribution in [0.2, 0.25) is 0 Å². The van der Waals surface area contributed by atoms with E-state index in [9.17, 15) is 57.5 Å². The minimum Gasteiger partial charge on any atom is -0.481 e. The normalized spacial score (nSPS) is 10.2. The van der Waals surface area contributed by atoms with E-state index in [0.29, 0.717) is 140 Å². The number of carboxylic acid groups (broad SMARTS) is 1. The second-order valence-electron chi connectivity index (χ2n) is 26.8. The van der Waals surface area contributed by atoms with Crippen LogP contribution in [0.5, 0.6) is 0 Å². The number of nitrogens with one attached hydrogen (secondary N) is 1. The zero-order valence-corrected chi connectivity index (χ0v) is 68.2. The number of carbonyl (C=O) groups excluding carboxylic acids is 11. The molecule has 0 saturated heterocycles. The van der Waals surface area contributed by atoms with Crippen molar-refractivity contribution in [2.24, 2.45) is 0 Å². The first kappa shape index (κ1) is 103. The van der Waals surface area contributed by atoms with Crippen molar-refractivity contribution in [3.8, 4) is 123 Å². The van der Waals surface area contributed by atoms with Crippen LogP contribution in [0.15, 0.2) is 0 Å². The monoisotopic (exact) mass is 1580 g/mol. The molecule has 0 radical (unpaired) electrons. The van der Waals surface area contributed by atoms with Gasteiger partial charge in [-0.05, 0) is 64.2 Å². The molecule has 0 fully saturated rings. The quantitative estimate of drug-likeness (QED) is 0.0457. The largest absolute Gasteiger partial charge is 0.481 e. The zero-order chi connectivity index (χ0) is 84.1. The Balaban J connectivity index is 7.60. The predicted molar refractivity (Wildman–Crippen MR) is 446 cm³/mol. The summed E-state index contributed by atoms with van der Waals surface area (Å²) in [5, 5.41) is 12.0. The van der Waals surface area contributed by atoms with Gasteiger partial charge in [-0.1, -0.05) is 6.92 Å². The summed E-state index contributed by atoms with van der Waals surface area (Å²) in [6.45, 7) is 2.82. The summed E-state index contributed by atoms with van der Waals surface area (Å²) in [5.41, 5.74) is 0. The van der Waals surface area contributed by atoms with E-state index in [4.69, 9.17) is 69.3 Å². The number of thioether (sulfide) groups is 1. The summed E-state index contributed by atoms with van der Waals surface area (Å²) in [5.74, 6) is 22.7. The van der Waals surface area contributed by atoms with Crippen molar-refractivity contribution in [2.75, 3.05) is 149 Å². The summed E-state index contributed by atoms with van der Waals surface area (Å²) in [7, 11) is 0. The van der Waals surface area contributed by atoms with Crippen LogP contribution in [-0.2, 0) is 57.5 Å². The standard InChI is InChI=1S/C88H125N11O13S/c1-12-23-33-43-77(100)89-54-55-90(79(102)44-34-24-13-2)56-57-91(80(103)45-35-25-14-3)58-59-92(81(104)46-36-26-15-4)60-61-93(82(105)47-37-27-16-5)62-63-94(83(106)48-38-28-17-6)64-65-95(84(107)49-39-29-18-7)66-67-96(85(108)50-40-30-19-8)68-69-97(86(109)51-41-31-20-9)70-71-98(87(110)52-42-32-21-10)72-73-99(78(101)22-11)74-76-113-75-53-88(111)112/h1-10H,22-76H2,11H3,(H,89,100)(H,111,112). The summed E-state index contributed by atoms with van der Waals surface area (Å²) < 4.78 is 0. The zero-order valence-electron chi connectivity index (χ0n) is 67.4. The number of hydrogen-bond donors (Lipinski definition) is 2. The molecule has 0 aliphatic heterocycles. The van der Waals surface area contributed by atoms with Crippen LogP contribution < -0.4 is 5.32 Å². The van der Waals surface area contributed by atoms with Crippen molar-refractivity contribution in [1.29, 1.82) is 0 Å². The molecular weight excluding hydrogens is 1450 g/mol. The van der Waals surface area contributed by atoms with Gasteiger partial charge in [0.1, 0.15) is 0 Å². The molecular formula is C88H125N11O13S. The first-order valence-electron chi connectivity index (χ1n) is 39.8. The van der Waals surface area contributed by atoms with Gasteiger partial charge in [0.15, 0.2) is 0 Å². The maximum absolute atomic E-state index is 14.5. The van der Waals surface area contributed by atoms with E-state index in [1.165, 1.54) is 11.8 Å². The van der Waals surface area contributed by atoms with Crippen molar-refractivity contribution in [3.05, 3.63) is 0 Å². The number of nitrogens with zero attached hydrogens (tertiary/aromatic N) is 10. The van der Waals surface area contributed by atoms with Crippen molar-refractivity contribution in [2.45, 2.75) is 212 Å². The second-order valence-corrected chi connectivity index (χ2v) is 28.1. The lowest BCUT2D eigenvalue weighted by Gasteiger charge is -2.34. The Morgan fingerprint density at radius 2 is 0.425 bits per heavy atom. The second kappa shape index (κ2) is 68.4. The van der Waals surface area contributed by atoms with Crippen LogP contribution in [0.25, 0.3) is 0 Å². The van der Waals surface area contributed by atoms with E-state index < -0.39 is 5.97 Å². The van der Waals surface area contributed by atoms with Crippen LogP contribution in [-0.4, -0.2) is 274 Å². The highest BCUT2D eigenvalue weighted by atomic mass is 32.2. The minimum absolute atomic E-state index is 0.00000704. The van der Waals surface area contributed by atoms with E-state index in [-0.39, 0.29) is 279 Å². The third kappa shape index (κ3) is 51.0. The fourth-order valence-corrected chi connectivity index (χ4v) is 12.6. The topological polar surface area (TPSA) is 270 Å². The van der Waals surface area contributed by atoms with Gasteiger partial charge in [-0.15, -0.1) is 123 Å². The number of hydrogen-bond acceptors (Lipinski definition) is 13. The highest BCUT2D eigenvalue weighted by molar-refractivity contribution is 7.99. The van der Waals surface area contributed by atoms with Gasteiger partial charge >= 0.3 is 5.97 Å². The molecule has 0 spiro atoms. The number of carboxylic acids is 1. The highest BCUT2D eigenvalue weighted by Crippen LogP contribution is 2.15. The fourth-order valence-electron chi connectivity index (χ4n) is 11.7. The van der Waals surface area contributed by atoms with Gasteiger partial charge in [-0.3, -0.25) is 57.5 Å². The minimum atomic E-state index is -0.925. The van der Waals surface area contributed by atoms with E-state index in [1.807, 2.05) is 0 Å². The van der Waals surface area contributed by atoms with Gasteiger partial charge in [0, 0.05) is 284 Å². The molecule has 0 bridgehead atoms. The molecule has 0 atom stereocenters. The molecule has 616 valence electrons. The maximum Gasteiger partial charge on any atom is 0.304 e. The summed E-state index contributed by atoms with van der Waals surface area (Å²) in [4.78, 5) is 181. The van der Waals surface area contributed by atoms with Gasteiger partial charge in [0.05, 0.1) is 6.42 Å². The van der Waals surface area contributed by atoms with Crippen LogP contribution >= 0.6 is 11.8 Å². The molecule has 0 unspecified atom stereocenters. The molecule has 2 N–H and O–H groups in total. The molecule has 0 aromatic heterocycles. The summed E-state index contributed by atoms with van der Waals surface area (Å²) in [6, 6.07) is 0. The Hall–Kier alpha value is -10.4. The SMILES string of the molecule is C#CCCCC(=O)NCCN(CCN(CCN(CCN(CCN(CCN(CCN(CCN(CCN(CCN(CCSCCC(=O)O)C(=O)CC)C(=O)CCCC#C)C(=O)CCCC#C)C(=O)CCCC#C)C(=O)CCCC#C)C(=O)CCCC#C)C(=O)CCCC#C)C(=O)CCCC#C)C(=O)CCCC#C)C(=O)CCCC#C. The molecule has 0 aromatic rings. The molecule has 25 heteroatoms. The van der Waals surface area contributed by atoms with Crippen molar-refractivity contribution >= 4 is 82.7 Å². The number of amides is 11. The molecule has 0 aromatic carbocycles. The van der Waals surface area contributed by atoms with E-state index in [1.54, 1.807) is 55.9 Å². The summed E-state index contributed by atoms with van der Waals surface area (Å²) in [6.07, 6.45) is 63.9. The van der Waals surface area contributed by atoms with Gasteiger partial charge in [0.25, 0.3) is 0 Å². The van der Waals surface area contributed by atoms with Crippen LogP contribution in [0.1, 0.15) is 212 Å².